The van der Waals surface area contributed by atoms with Crippen LogP contribution in [0.5, 0.6) is 0 Å². The van der Waals surface area contributed by atoms with Gasteiger partial charge in [-0.05, 0) is 45.3 Å². The Hall–Kier alpha value is -3.00. The maximum atomic E-state index is 12.5. The Bertz CT molecular complexity index is 1060. The van der Waals surface area contributed by atoms with E-state index in [1.54, 1.807) is 12.3 Å². The number of carbonyl (C=O) groups is 1. The Labute approximate surface area is 211 Å². The van der Waals surface area contributed by atoms with E-state index in [1.165, 1.54) is 11.3 Å². The predicted molar refractivity (Wildman–Crippen MR) is 138 cm³/mol. The molecule has 0 saturated carbocycles. The smallest absolute Gasteiger partial charge is 0.246 e. The van der Waals surface area contributed by atoms with E-state index in [1.807, 2.05) is 36.0 Å². The number of hydrogen-bond acceptors (Lipinski definition) is 9. The average Bonchev–Trinajstić information content (AvgIpc) is 3.32. The molecule has 0 bridgehead atoms. The molecule has 1 amide bonds. The third kappa shape index (κ3) is 7.24. The van der Waals surface area contributed by atoms with Gasteiger partial charge in [-0.3, -0.25) is 4.79 Å². The number of likely N-dealkylation sites (tertiary alicyclic amines) is 1. The standard InChI is InChI=1S/C25H33N7O2S/c1-30(2)7-3-4-24(33)32-8-5-19(6-9-32)14-20-15-21(31-10-12-34-13-11-31)16-23(28-20)29-25-27-18-22(17-26)35-25/h3-4,15-16,18-19H,5-14H2,1-2H3,(H,27,28,29). The molecule has 0 spiro atoms. The van der Waals surface area contributed by atoms with Crippen LogP contribution in [0.15, 0.2) is 30.5 Å². The van der Waals surface area contributed by atoms with Crippen LogP contribution in [-0.4, -0.2) is 85.7 Å². The van der Waals surface area contributed by atoms with E-state index in [0.717, 1.165) is 69.2 Å². The molecule has 0 unspecified atom stereocenters. The highest BCUT2D eigenvalue weighted by atomic mass is 32.1. The Balaban J connectivity index is 1.42. The quantitative estimate of drug-likeness (QED) is 0.559. The number of rotatable bonds is 8. The molecular formula is C25H33N7O2S. The average molecular weight is 496 g/mol. The Morgan fingerprint density at radius 3 is 2.74 bits per heavy atom. The van der Waals surface area contributed by atoms with Crippen molar-refractivity contribution in [3.63, 3.8) is 0 Å². The predicted octanol–water partition coefficient (Wildman–Crippen LogP) is 2.89. The summed E-state index contributed by atoms with van der Waals surface area (Å²) >= 11 is 1.32. The second kappa shape index (κ2) is 12.1. The summed E-state index contributed by atoms with van der Waals surface area (Å²) in [6.45, 7) is 5.45. The first-order chi connectivity index (χ1) is 17.0. The number of amides is 1. The molecule has 0 atom stereocenters. The summed E-state index contributed by atoms with van der Waals surface area (Å²) in [6, 6.07) is 6.35. The van der Waals surface area contributed by atoms with Gasteiger partial charge in [0, 0.05) is 56.2 Å². The summed E-state index contributed by atoms with van der Waals surface area (Å²) in [7, 11) is 3.98. The molecule has 4 heterocycles. The number of nitrogens with one attached hydrogen (secondary N) is 1. The maximum absolute atomic E-state index is 12.5. The van der Waals surface area contributed by atoms with Gasteiger partial charge in [0.1, 0.15) is 16.8 Å². The number of piperidine rings is 1. The molecule has 2 aromatic rings. The molecule has 2 aromatic heterocycles. The van der Waals surface area contributed by atoms with Crippen molar-refractivity contribution in [2.75, 3.05) is 70.2 Å². The van der Waals surface area contributed by atoms with Crippen molar-refractivity contribution in [1.29, 1.82) is 5.26 Å². The van der Waals surface area contributed by atoms with Crippen molar-refractivity contribution in [2.24, 2.45) is 5.92 Å². The van der Waals surface area contributed by atoms with Gasteiger partial charge in [-0.1, -0.05) is 17.4 Å². The van der Waals surface area contributed by atoms with Gasteiger partial charge < -0.3 is 24.8 Å². The zero-order chi connectivity index (χ0) is 24.6. The number of aromatic nitrogens is 2. The Morgan fingerprint density at radius 2 is 2.06 bits per heavy atom. The van der Waals surface area contributed by atoms with E-state index in [-0.39, 0.29) is 5.91 Å². The number of anilines is 3. The fourth-order valence-electron chi connectivity index (χ4n) is 4.36. The molecule has 4 rings (SSSR count). The van der Waals surface area contributed by atoms with E-state index in [4.69, 9.17) is 15.0 Å². The first kappa shape index (κ1) is 25.1. The minimum Gasteiger partial charge on any atom is -0.378 e. The van der Waals surface area contributed by atoms with Crippen LogP contribution in [0.4, 0.5) is 16.6 Å². The third-order valence-electron chi connectivity index (χ3n) is 6.25. The van der Waals surface area contributed by atoms with Crippen molar-refractivity contribution >= 4 is 33.9 Å². The van der Waals surface area contributed by atoms with Crippen LogP contribution in [-0.2, 0) is 16.0 Å². The number of morpholine rings is 1. The second-order valence-electron chi connectivity index (χ2n) is 9.21. The van der Waals surface area contributed by atoms with Crippen LogP contribution in [0.1, 0.15) is 23.4 Å². The largest absolute Gasteiger partial charge is 0.378 e. The van der Waals surface area contributed by atoms with Crippen LogP contribution in [0.25, 0.3) is 0 Å². The van der Waals surface area contributed by atoms with Crippen LogP contribution in [0.2, 0.25) is 0 Å². The number of carbonyl (C=O) groups excluding carboxylic acids is 1. The summed E-state index contributed by atoms with van der Waals surface area (Å²) in [5.41, 5.74) is 2.15. The highest BCUT2D eigenvalue weighted by Crippen LogP contribution is 2.28. The highest BCUT2D eigenvalue weighted by molar-refractivity contribution is 7.16. The molecule has 186 valence electrons. The summed E-state index contributed by atoms with van der Waals surface area (Å²) < 4.78 is 5.53. The van der Waals surface area contributed by atoms with Crippen LogP contribution >= 0.6 is 11.3 Å². The summed E-state index contributed by atoms with van der Waals surface area (Å²) in [4.78, 5) is 28.5. The van der Waals surface area contributed by atoms with E-state index in [9.17, 15) is 4.79 Å². The van der Waals surface area contributed by atoms with E-state index >= 15 is 0 Å². The van der Waals surface area contributed by atoms with Gasteiger partial charge in [0.2, 0.25) is 5.91 Å². The van der Waals surface area contributed by atoms with Gasteiger partial charge in [-0.15, -0.1) is 0 Å². The van der Waals surface area contributed by atoms with E-state index in [0.29, 0.717) is 29.1 Å². The van der Waals surface area contributed by atoms with Crippen molar-refractivity contribution in [3.05, 3.63) is 41.1 Å². The topological polar surface area (TPSA) is 97.6 Å². The number of hydrogen-bond donors (Lipinski definition) is 1. The summed E-state index contributed by atoms with van der Waals surface area (Å²) in [5.74, 6) is 1.32. The van der Waals surface area contributed by atoms with Crippen molar-refractivity contribution in [1.82, 2.24) is 19.8 Å². The van der Waals surface area contributed by atoms with Crippen molar-refractivity contribution < 1.29 is 9.53 Å². The lowest BCUT2D eigenvalue weighted by molar-refractivity contribution is -0.127. The van der Waals surface area contributed by atoms with Crippen LogP contribution < -0.4 is 10.2 Å². The minimum atomic E-state index is 0.101. The molecule has 2 saturated heterocycles. The number of pyridine rings is 1. The van der Waals surface area contributed by atoms with Gasteiger partial charge in [0.15, 0.2) is 5.13 Å². The number of nitriles is 1. The number of ether oxygens (including phenoxy) is 1. The number of thiazole rings is 1. The zero-order valence-corrected chi connectivity index (χ0v) is 21.3. The highest BCUT2D eigenvalue weighted by Gasteiger charge is 2.23. The summed E-state index contributed by atoms with van der Waals surface area (Å²) in [6.07, 6.45) is 8.00. The first-order valence-electron chi connectivity index (χ1n) is 12.1. The van der Waals surface area contributed by atoms with Crippen molar-refractivity contribution in [3.8, 4) is 6.07 Å². The normalized spacial score (nSPS) is 17.2. The molecule has 2 aliphatic heterocycles. The van der Waals surface area contributed by atoms with Gasteiger partial charge in [-0.25, -0.2) is 9.97 Å². The summed E-state index contributed by atoms with van der Waals surface area (Å²) in [5, 5.41) is 13.1. The lowest BCUT2D eigenvalue weighted by Crippen LogP contribution is -2.38. The van der Waals surface area contributed by atoms with Gasteiger partial charge in [0.05, 0.1) is 19.4 Å². The third-order valence-corrected chi connectivity index (χ3v) is 7.06. The molecular weight excluding hydrogens is 462 g/mol. The van der Waals surface area contributed by atoms with Crippen LogP contribution in [0.3, 0.4) is 0 Å². The van der Waals surface area contributed by atoms with Crippen LogP contribution in [0, 0.1) is 17.2 Å². The Kier molecular flexibility index (Phi) is 8.69. The molecule has 9 nitrogen and oxygen atoms in total. The molecule has 0 radical (unpaired) electrons. The van der Waals surface area contributed by atoms with E-state index in [2.05, 4.69) is 27.3 Å². The minimum absolute atomic E-state index is 0.101. The van der Waals surface area contributed by atoms with Gasteiger partial charge in [-0.2, -0.15) is 5.26 Å². The second-order valence-corrected chi connectivity index (χ2v) is 10.2. The Morgan fingerprint density at radius 1 is 1.29 bits per heavy atom. The fourth-order valence-corrected chi connectivity index (χ4v) is 4.98. The van der Waals surface area contributed by atoms with Crippen molar-refractivity contribution in [2.45, 2.75) is 19.3 Å². The van der Waals surface area contributed by atoms with E-state index < -0.39 is 0 Å². The van der Waals surface area contributed by atoms with Gasteiger partial charge in [0.25, 0.3) is 0 Å². The molecule has 0 aromatic carbocycles. The molecule has 0 aliphatic carbocycles. The molecule has 2 aliphatic rings. The monoisotopic (exact) mass is 495 g/mol. The number of nitrogens with zero attached hydrogens (tertiary/aromatic N) is 6. The first-order valence-corrected chi connectivity index (χ1v) is 12.9. The lowest BCUT2D eigenvalue weighted by atomic mass is 9.91. The maximum Gasteiger partial charge on any atom is 0.246 e. The SMILES string of the molecule is CN(C)CC=CC(=O)N1CCC(Cc2cc(N3CCOCC3)cc(Nc3ncc(C#N)s3)n2)CC1. The van der Waals surface area contributed by atoms with Gasteiger partial charge >= 0.3 is 0 Å². The molecule has 35 heavy (non-hydrogen) atoms. The fraction of sp³-hybridized carbons (Fsp3) is 0.520. The molecule has 10 heteroatoms. The molecule has 2 fully saturated rings. The zero-order valence-electron chi connectivity index (χ0n) is 20.4. The lowest BCUT2D eigenvalue weighted by Gasteiger charge is -2.32. The molecule has 1 N–H and O–H groups in total. The number of likely N-dealkylation sites (N-methyl/N-ethyl adjacent to an activating group) is 1.